The maximum atomic E-state index is 13.7. The monoisotopic (exact) mass is 626 g/mol. The summed E-state index contributed by atoms with van der Waals surface area (Å²) in [5.74, 6) is 1.21. The van der Waals surface area contributed by atoms with E-state index in [0.717, 1.165) is 38.5 Å². The average molecular weight is 627 g/mol. The zero-order valence-corrected chi connectivity index (χ0v) is 24.1. The molecule has 1 aromatic carbocycles. The summed E-state index contributed by atoms with van der Waals surface area (Å²) < 4.78 is 6.17. The number of hydrogen-bond donors (Lipinski definition) is 2. The first-order chi connectivity index (χ1) is 17.0. The lowest BCUT2D eigenvalue weighted by atomic mass is 9.79. The Balaban J connectivity index is 1.40. The molecule has 5 rings (SSSR count). The number of fused-ring (bicyclic) bond motifs is 1. The highest BCUT2D eigenvalue weighted by Gasteiger charge is 2.56. The van der Waals surface area contributed by atoms with Gasteiger partial charge < -0.3 is 15.8 Å². The van der Waals surface area contributed by atoms with Gasteiger partial charge in [0.2, 0.25) is 11.8 Å². The molecule has 9 heteroatoms. The molecule has 1 saturated heterocycles. The molecule has 4 aliphatic rings. The summed E-state index contributed by atoms with van der Waals surface area (Å²) in [4.78, 5) is 33.5. The first-order valence-corrected chi connectivity index (χ1v) is 14.7. The van der Waals surface area contributed by atoms with E-state index in [1.54, 1.807) is 4.90 Å². The van der Waals surface area contributed by atoms with Gasteiger partial charge in [-0.2, -0.15) is 0 Å². The normalized spacial score (nSPS) is 38.6. The Morgan fingerprint density at radius 2 is 2.06 bits per heavy atom. The van der Waals surface area contributed by atoms with Crippen LogP contribution >= 0.6 is 34.2 Å². The first-order valence-electron chi connectivity index (χ1n) is 13.1. The van der Waals surface area contributed by atoms with Crippen LogP contribution < -0.4 is 11.1 Å². The molecular formula is C27H36ClIN4O3. The number of hydrogen-bond acceptors (Lipinski definition) is 5. The predicted octanol–water partition coefficient (Wildman–Crippen LogP) is 5.24. The zero-order valence-electron chi connectivity index (χ0n) is 21.2. The molecule has 3 N–H and O–H groups in total. The van der Waals surface area contributed by atoms with E-state index in [9.17, 15) is 9.59 Å². The first kappa shape index (κ1) is 26.2. The lowest BCUT2D eigenvalue weighted by Crippen LogP contribution is -2.56. The van der Waals surface area contributed by atoms with Gasteiger partial charge in [-0.3, -0.25) is 14.5 Å². The number of carbonyl (C=O) groups excluding carboxylic acids is 2. The molecule has 4 unspecified atom stereocenters. The van der Waals surface area contributed by atoms with Crippen LogP contribution in [0.25, 0.3) is 0 Å². The largest absolute Gasteiger partial charge is 0.378 e. The van der Waals surface area contributed by atoms with Gasteiger partial charge in [-0.15, -0.1) is 0 Å². The Kier molecular flexibility index (Phi) is 7.09. The minimum atomic E-state index is -0.907. The third kappa shape index (κ3) is 4.55. The number of ether oxygens (including phenoxy) is 1. The number of carbonyl (C=O) groups is 2. The van der Waals surface area contributed by atoms with Crippen molar-refractivity contribution in [3.63, 3.8) is 0 Å². The van der Waals surface area contributed by atoms with Crippen molar-refractivity contribution in [2.45, 2.75) is 87.3 Å². The summed E-state index contributed by atoms with van der Waals surface area (Å²) in [7, 11) is 0. The van der Waals surface area contributed by atoms with Crippen molar-refractivity contribution in [2.75, 3.05) is 11.9 Å². The molecule has 7 nitrogen and oxygen atoms in total. The number of nitrogens with two attached hydrogens (primary N) is 1. The molecule has 2 amide bonds. The minimum Gasteiger partial charge on any atom is -0.378 e. The second-order valence-electron chi connectivity index (χ2n) is 11.6. The highest BCUT2D eigenvalue weighted by molar-refractivity contribution is 14.1. The SMILES string of the molecule is CC1CC2CC(I)CC2(C(=O)Nc2cccc([C@]3(C)CC(=O)N([C@@H]4CCO[C@H](C)C4)C(N)=N3)c2Cl)C1. The van der Waals surface area contributed by atoms with Gasteiger partial charge in [-0.25, -0.2) is 4.99 Å². The summed E-state index contributed by atoms with van der Waals surface area (Å²) in [5.41, 5.74) is 6.44. The second-order valence-corrected chi connectivity index (χ2v) is 13.7. The molecule has 2 aliphatic heterocycles. The summed E-state index contributed by atoms with van der Waals surface area (Å²) in [5, 5.41) is 3.60. The van der Waals surface area contributed by atoms with Gasteiger partial charge >= 0.3 is 0 Å². The van der Waals surface area contributed by atoms with Gasteiger partial charge in [0.15, 0.2) is 5.96 Å². The van der Waals surface area contributed by atoms with Crippen molar-refractivity contribution in [1.82, 2.24) is 4.90 Å². The minimum absolute atomic E-state index is 0.00945. The van der Waals surface area contributed by atoms with Crippen LogP contribution in [0.4, 0.5) is 5.69 Å². The lowest BCUT2D eigenvalue weighted by Gasteiger charge is -2.41. The van der Waals surface area contributed by atoms with E-state index in [4.69, 9.17) is 27.1 Å². The Labute approximate surface area is 232 Å². The summed E-state index contributed by atoms with van der Waals surface area (Å²) in [6.45, 7) is 6.75. The molecule has 7 atom stereocenters. The van der Waals surface area contributed by atoms with E-state index >= 15 is 0 Å². The van der Waals surface area contributed by atoms with Gasteiger partial charge in [-0.1, -0.05) is 53.2 Å². The highest BCUT2D eigenvalue weighted by atomic mass is 127. The number of benzene rings is 1. The number of nitrogens with one attached hydrogen (secondary N) is 1. The summed E-state index contributed by atoms with van der Waals surface area (Å²) in [6.07, 6.45) is 5.77. The Bertz CT molecular complexity index is 1080. The van der Waals surface area contributed by atoms with Crippen LogP contribution in [-0.4, -0.2) is 45.4 Å². The van der Waals surface area contributed by atoms with Crippen LogP contribution in [0.2, 0.25) is 5.02 Å². The van der Waals surface area contributed by atoms with Crippen LogP contribution in [0.3, 0.4) is 0 Å². The van der Waals surface area contributed by atoms with Crippen LogP contribution in [-0.2, 0) is 19.9 Å². The molecule has 0 bridgehead atoms. The molecule has 36 heavy (non-hydrogen) atoms. The van der Waals surface area contributed by atoms with Crippen LogP contribution in [0.1, 0.15) is 71.3 Å². The Hall–Kier alpha value is -1.39. The fraction of sp³-hybridized carbons (Fsp3) is 0.667. The number of aliphatic imine (C=N–C) groups is 1. The van der Waals surface area contributed by atoms with Gasteiger partial charge in [-0.05, 0) is 70.3 Å². The predicted molar refractivity (Wildman–Crippen MR) is 150 cm³/mol. The number of halogens is 2. The third-order valence-corrected chi connectivity index (χ3v) is 10.1. The summed E-state index contributed by atoms with van der Waals surface area (Å²) >= 11 is 9.40. The molecule has 0 aromatic heterocycles. The molecule has 0 radical (unpaired) electrons. The van der Waals surface area contributed by atoms with E-state index in [0.29, 0.717) is 38.6 Å². The van der Waals surface area contributed by atoms with Gasteiger partial charge in [0.25, 0.3) is 0 Å². The fourth-order valence-electron chi connectivity index (χ4n) is 7.21. The molecule has 196 valence electrons. The second kappa shape index (κ2) is 9.73. The molecule has 2 aliphatic carbocycles. The fourth-order valence-corrected chi connectivity index (χ4v) is 8.99. The van der Waals surface area contributed by atoms with Crippen molar-refractivity contribution in [1.29, 1.82) is 0 Å². The highest BCUT2D eigenvalue weighted by Crippen LogP contribution is 2.58. The average Bonchev–Trinajstić information content (AvgIpc) is 3.26. The number of rotatable bonds is 4. The lowest BCUT2D eigenvalue weighted by molar-refractivity contribution is -0.133. The van der Waals surface area contributed by atoms with E-state index in [1.807, 2.05) is 32.0 Å². The van der Waals surface area contributed by atoms with E-state index in [1.165, 1.54) is 0 Å². The van der Waals surface area contributed by atoms with Crippen molar-refractivity contribution >= 4 is 57.7 Å². The van der Waals surface area contributed by atoms with Crippen molar-refractivity contribution < 1.29 is 14.3 Å². The molecule has 0 spiro atoms. The molecule has 2 saturated carbocycles. The maximum absolute atomic E-state index is 13.7. The van der Waals surface area contributed by atoms with Crippen LogP contribution in [0, 0.1) is 17.3 Å². The van der Waals surface area contributed by atoms with E-state index in [-0.39, 0.29) is 41.8 Å². The molecular weight excluding hydrogens is 591 g/mol. The molecule has 1 aromatic rings. The quantitative estimate of drug-likeness (QED) is 0.353. The van der Waals surface area contributed by atoms with Crippen LogP contribution in [0.5, 0.6) is 0 Å². The van der Waals surface area contributed by atoms with Gasteiger partial charge in [0, 0.05) is 22.1 Å². The van der Waals surface area contributed by atoms with E-state index < -0.39 is 5.54 Å². The smallest absolute Gasteiger partial charge is 0.232 e. The number of nitrogens with zero attached hydrogens (tertiary/aromatic N) is 2. The van der Waals surface area contributed by atoms with Crippen molar-refractivity contribution in [3.05, 3.63) is 28.8 Å². The number of guanidine groups is 1. The Morgan fingerprint density at radius 1 is 1.28 bits per heavy atom. The number of amides is 2. The standard InChI is InChI=1S/C27H36ClIN4O3/c1-15-9-17-11-18(29)13-27(17,12-15)24(35)31-21-6-4-5-20(23(21)28)26(3)14-22(34)33(25(30)32-26)19-7-8-36-16(2)10-19/h4-6,15-19H,7-14H2,1-3H3,(H2,30,32)(H,31,35)/t15?,16-,17?,18?,19-,26+,27?/m1/s1. The zero-order chi connectivity index (χ0) is 25.8. The summed E-state index contributed by atoms with van der Waals surface area (Å²) in [6, 6.07) is 5.57. The van der Waals surface area contributed by atoms with Crippen molar-refractivity contribution in [2.24, 2.45) is 28.0 Å². The van der Waals surface area contributed by atoms with Crippen LogP contribution in [0.15, 0.2) is 23.2 Å². The Morgan fingerprint density at radius 3 is 2.78 bits per heavy atom. The van der Waals surface area contributed by atoms with Gasteiger partial charge in [0.05, 0.1) is 34.2 Å². The van der Waals surface area contributed by atoms with Gasteiger partial charge in [0.1, 0.15) is 0 Å². The van der Waals surface area contributed by atoms with Crippen molar-refractivity contribution in [3.8, 4) is 0 Å². The number of alkyl halides is 1. The third-order valence-electron chi connectivity index (χ3n) is 8.78. The maximum Gasteiger partial charge on any atom is 0.232 e. The topological polar surface area (TPSA) is 97.0 Å². The molecule has 3 fully saturated rings. The number of anilines is 1. The van der Waals surface area contributed by atoms with E-state index in [2.05, 4.69) is 34.8 Å². The molecule has 2 heterocycles.